The number of alkyl halides is 3. The van der Waals surface area contributed by atoms with Crippen molar-refractivity contribution in [1.82, 2.24) is 4.98 Å². The number of aromatic nitrogens is 1. The number of fused-ring (bicyclic) bond motifs is 2. The second kappa shape index (κ2) is 8.97. The number of thiazole rings is 1. The Morgan fingerprint density at radius 2 is 2.06 bits per heavy atom. The number of anilines is 1. The molecule has 11 heteroatoms. The van der Waals surface area contributed by atoms with Crippen LogP contribution < -0.4 is 15.3 Å². The molecule has 182 valence electrons. The molecule has 1 aliphatic rings. The summed E-state index contributed by atoms with van der Waals surface area (Å²) in [6.07, 6.45) is -3.47. The molecule has 5 rings (SSSR count). The van der Waals surface area contributed by atoms with E-state index in [0.717, 1.165) is 23.8 Å². The molecule has 0 aliphatic carbocycles. The lowest BCUT2D eigenvalue weighted by Gasteiger charge is -2.22. The van der Waals surface area contributed by atoms with Crippen molar-refractivity contribution in [2.75, 3.05) is 25.2 Å². The summed E-state index contributed by atoms with van der Waals surface area (Å²) in [6, 6.07) is 10.1. The van der Waals surface area contributed by atoms with E-state index < -0.39 is 23.3 Å². The summed E-state index contributed by atoms with van der Waals surface area (Å²) in [5.74, 6) is -0.396. The normalized spacial score (nSPS) is 16.2. The molecule has 0 bridgehead atoms. The number of methoxy groups -OCH3 is 1. The fraction of sp³-hybridized carbons (Fsp3) is 0.292. The van der Waals surface area contributed by atoms with Crippen LogP contribution in [0.4, 0.5) is 18.3 Å². The van der Waals surface area contributed by atoms with E-state index in [9.17, 15) is 22.8 Å². The summed E-state index contributed by atoms with van der Waals surface area (Å²) in [6.45, 7) is 0.554. The number of carbonyl (C=O) groups excluding carboxylic acids is 1. The Morgan fingerprint density at radius 3 is 2.77 bits per heavy atom. The zero-order valence-corrected chi connectivity index (χ0v) is 19.2. The van der Waals surface area contributed by atoms with Crippen molar-refractivity contribution in [2.45, 2.75) is 25.1 Å². The fourth-order valence-electron chi connectivity index (χ4n) is 4.09. The number of hydrogen-bond donors (Lipinski definition) is 0. The number of amides is 1. The Morgan fingerprint density at radius 1 is 1.26 bits per heavy atom. The van der Waals surface area contributed by atoms with Gasteiger partial charge in [0.15, 0.2) is 16.5 Å². The molecule has 35 heavy (non-hydrogen) atoms. The van der Waals surface area contributed by atoms with E-state index in [1.54, 1.807) is 18.2 Å². The van der Waals surface area contributed by atoms with Crippen LogP contribution in [0.2, 0.25) is 0 Å². The molecule has 1 atom stereocenters. The van der Waals surface area contributed by atoms with Crippen LogP contribution in [0, 0.1) is 0 Å². The minimum absolute atomic E-state index is 0.0373. The standard InChI is InChI=1S/C24H19F3N2O5S/c1-32-17-8-2-5-13-11-15(22(31)34-20(13)17)21(30)29(12-14-6-4-10-33-14)23-28-19-16(24(25,26)27)7-3-9-18(19)35-23/h2-3,5,7-9,11,14H,4,6,10,12H2,1H3. The van der Waals surface area contributed by atoms with Gasteiger partial charge >= 0.3 is 11.8 Å². The summed E-state index contributed by atoms with van der Waals surface area (Å²) in [4.78, 5) is 31.8. The largest absolute Gasteiger partial charge is 0.493 e. The van der Waals surface area contributed by atoms with Gasteiger partial charge in [0.1, 0.15) is 5.56 Å². The van der Waals surface area contributed by atoms with Gasteiger partial charge in [-0.05, 0) is 37.1 Å². The Hall–Kier alpha value is -3.44. The highest BCUT2D eigenvalue weighted by Crippen LogP contribution is 2.39. The summed E-state index contributed by atoms with van der Waals surface area (Å²) in [5.41, 5.74) is -2.10. The van der Waals surface area contributed by atoms with Gasteiger partial charge in [-0.3, -0.25) is 9.69 Å². The third kappa shape index (κ3) is 4.37. The first kappa shape index (κ1) is 23.3. The lowest BCUT2D eigenvalue weighted by molar-refractivity contribution is -0.136. The van der Waals surface area contributed by atoms with Crippen molar-refractivity contribution >= 4 is 43.6 Å². The van der Waals surface area contributed by atoms with Gasteiger partial charge in [-0.1, -0.05) is 29.5 Å². The number of nitrogens with zero attached hydrogens (tertiary/aromatic N) is 2. The lowest BCUT2D eigenvalue weighted by atomic mass is 10.1. The van der Waals surface area contributed by atoms with Crippen molar-refractivity contribution in [3.8, 4) is 5.75 Å². The van der Waals surface area contributed by atoms with Crippen LogP contribution >= 0.6 is 11.3 Å². The number of halogens is 3. The fourth-order valence-corrected chi connectivity index (χ4v) is 5.09. The molecule has 3 heterocycles. The SMILES string of the molecule is COc1cccc2cc(C(=O)N(CC3CCCO3)c3nc4c(C(F)(F)F)cccc4s3)c(=O)oc12. The van der Waals surface area contributed by atoms with E-state index in [4.69, 9.17) is 13.9 Å². The van der Waals surface area contributed by atoms with Gasteiger partial charge in [-0.15, -0.1) is 0 Å². The van der Waals surface area contributed by atoms with Crippen LogP contribution in [0.15, 0.2) is 51.7 Å². The van der Waals surface area contributed by atoms with E-state index in [0.29, 0.717) is 24.2 Å². The average Bonchev–Trinajstić information content (AvgIpc) is 3.50. The van der Waals surface area contributed by atoms with Crippen molar-refractivity contribution in [1.29, 1.82) is 0 Å². The lowest BCUT2D eigenvalue weighted by Crippen LogP contribution is -2.39. The van der Waals surface area contributed by atoms with E-state index >= 15 is 0 Å². The molecule has 4 aromatic rings. The maximum Gasteiger partial charge on any atom is 0.418 e. The minimum Gasteiger partial charge on any atom is -0.493 e. The molecule has 7 nitrogen and oxygen atoms in total. The Kier molecular flexibility index (Phi) is 5.97. The number of benzene rings is 2. The number of carbonyl (C=O) groups is 1. The third-order valence-electron chi connectivity index (χ3n) is 5.77. The zero-order valence-electron chi connectivity index (χ0n) is 18.4. The molecule has 2 aromatic heterocycles. The van der Waals surface area contributed by atoms with Crippen molar-refractivity contribution in [3.63, 3.8) is 0 Å². The molecule has 0 saturated carbocycles. The first-order valence-corrected chi connectivity index (χ1v) is 11.6. The van der Waals surface area contributed by atoms with E-state index in [2.05, 4.69) is 4.98 Å². The van der Waals surface area contributed by atoms with Crippen LogP contribution in [-0.4, -0.2) is 37.3 Å². The van der Waals surface area contributed by atoms with Gasteiger partial charge in [0.25, 0.3) is 5.91 Å². The predicted octanol–water partition coefficient (Wildman–Crippen LogP) is 5.26. The van der Waals surface area contributed by atoms with Gasteiger partial charge in [0.05, 0.1) is 35.5 Å². The molecule has 1 aliphatic heterocycles. The maximum atomic E-state index is 13.6. The van der Waals surface area contributed by atoms with Crippen LogP contribution in [-0.2, 0) is 10.9 Å². The molecule has 0 N–H and O–H groups in total. The second-order valence-electron chi connectivity index (χ2n) is 8.02. The monoisotopic (exact) mass is 504 g/mol. The molecule has 1 unspecified atom stereocenters. The van der Waals surface area contributed by atoms with Crippen molar-refractivity contribution < 1.29 is 31.9 Å². The number of para-hydroxylation sites is 2. The average molecular weight is 504 g/mol. The number of rotatable bonds is 5. The molecule has 1 amide bonds. The highest BCUT2D eigenvalue weighted by Gasteiger charge is 2.35. The van der Waals surface area contributed by atoms with Gasteiger partial charge in [-0.25, -0.2) is 9.78 Å². The number of hydrogen-bond acceptors (Lipinski definition) is 7. The molecule has 0 spiro atoms. The van der Waals surface area contributed by atoms with Gasteiger partial charge < -0.3 is 13.9 Å². The zero-order chi connectivity index (χ0) is 24.7. The highest BCUT2D eigenvalue weighted by molar-refractivity contribution is 7.22. The molecule has 1 fully saturated rings. The quantitative estimate of drug-likeness (QED) is 0.345. The minimum atomic E-state index is -4.60. The van der Waals surface area contributed by atoms with E-state index in [1.165, 1.54) is 30.2 Å². The molecule has 1 saturated heterocycles. The highest BCUT2D eigenvalue weighted by atomic mass is 32.1. The van der Waals surface area contributed by atoms with Crippen molar-refractivity contribution in [3.05, 3.63) is 64.0 Å². The van der Waals surface area contributed by atoms with Crippen molar-refractivity contribution in [2.24, 2.45) is 0 Å². The molecular weight excluding hydrogens is 485 g/mol. The van der Waals surface area contributed by atoms with Crippen LogP contribution in [0.1, 0.15) is 28.8 Å². The Balaban J connectivity index is 1.62. The van der Waals surface area contributed by atoms with Crippen LogP contribution in [0.3, 0.4) is 0 Å². The topological polar surface area (TPSA) is 81.9 Å². The first-order valence-electron chi connectivity index (χ1n) is 10.8. The second-order valence-corrected chi connectivity index (χ2v) is 9.03. The summed E-state index contributed by atoms with van der Waals surface area (Å²) in [5, 5.41) is 0.510. The Bertz CT molecular complexity index is 1470. The maximum absolute atomic E-state index is 13.6. The van der Waals surface area contributed by atoms with E-state index in [-0.39, 0.29) is 39.1 Å². The van der Waals surface area contributed by atoms with Gasteiger partial charge in [0, 0.05) is 12.0 Å². The van der Waals surface area contributed by atoms with Crippen LogP contribution in [0.25, 0.3) is 21.2 Å². The van der Waals surface area contributed by atoms with Gasteiger partial charge in [0.2, 0.25) is 0 Å². The molecule has 0 radical (unpaired) electrons. The number of ether oxygens (including phenoxy) is 2. The summed E-state index contributed by atoms with van der Waals surface area (Å²) < 4.78 is 57.2. The predicted molar refractivity (Wildman–Crippen MR) is 124 cm³/mol. The van der Waals surface area contributed by atoms with Crippen LogP contribution in [0.5, 0.6) is 5.75 Å². The van der Waals surface area contributed by atoms with E-state index in [1.807, 2.05) is 0 Å². The molecular formula is C24H19F3N2O5S. The smallest absolute Gasteiger partial charge is 0.418 e. The Labute approximate surface area is 200 Å². The first-order chi connectivity index (χ1) is 16.8. The third-order valence-corrected chi connectivity index (χ3v) is 6.82. The molecule has 2 aromatic carbocycles. The summed E-state index contributed by atoms with van der Waals surface area (Å²) in [7, 11) is 1.43. The van der Waals surface area contributed by atoms with Gasteiger partial charge in [-0.2, -0.15) is 13.2 Å². The summed E-state index contributed by atoms with van der Waals surface area (Å²) >= 11 is 0.943.